The molecule has 10 heteroatoms. The second-order valence-electron chi connectivity index (χ2n) is 7.35. The van der Waals surface area contributed by atoms with E-state index in [4.69, 9.17) is 27.6 Å². The molecule has 32 heavy (non-hydrogen) atoms. The Labute approximate surface area is 197 Å². The van der Waals surface area contributed by atoms with Crippen molar-refractivity contribution >= 4 is 44.8 Å². The third-order valence-corrected chi connectivity index (χ3v) is 6.88. The van der Waals surface area contributed by atoms with Crippen LogP contribution in [0.1, 0.15) is 17.4 Å². The third-order valence-electron chi connectivity index (χ3n) is 4.76. The molecule has 3 aromatic rings. The van der Waals surface area contributed by atoms with Crippen molar-refractivity contribution in [3.8, 4) is 0 Å². The number of anilines is 1. The quantitative estimate of drug-likeness (QED) is 0.460. The molecule has 7 nitrogen and oxygen atoms in total. The largest absolute Gasteiger partial charge is 0.468 e. The molecule has 1 atom stereocenters. The summed E-state index contributed by atoms with van der Waals surface area (Å²) in [5.41, 5.74) is 1.12. The van der Waals surface area contributed by atoms with Gasteiger partial charge in [-0.2, -0.15) is 0 Å². The smallest absolute Gasteiger partial charge is 0.261 e. The van der Waals surface area contributed by atoms with Crippen LogP contribution in [0.3, 0.4) is 0 Å². The predicted octanol–water partition coefficient (Wildman–Crippen LogP) is 4.35. The van der Waals surface area contributed by atoms with Crippen LogP contribution in [0.15, 0.2) is 70.2 Å². The Morgan fingerprint density at radius 2 is 1.78 bits per heavy atom. The zero-order valence-corrected chi connectivity index (χ0v) is 19.8. The molecular weight excluding hydrogens is 473 g/mol. The van der Waals surface area contributed by atoms with Crippen molar-refractivity contribution in [2.24, 2.45) is 0 Å². The first-order chi connectivity index (χ1) is 15.2. The lowest BCUT2D eigenvalue weighted by Gasteiger charge is -2.22. The van der Waals surface area contributed by atoms with Crippen LogP contribution in [0.2, 0.25) is 10.0 Å². The standard InChI is InChI=1S/C22H23Cl2N3O4S/c1-27(2)20(21-4-3-11-31-21)14-25-22(28)12-15-5-7-16(8-6-15)26-32(29,30)17-9-10-18(23)19(24)13-17/h3-11,13,20,26H,12,14H2,1-2H3,(H,25,28). The lowest BCUT2D eigenvalue weighted by atomic mass is 10.1. The number of carbonyl (C=O) groups is 1. The number of furan rings is 1. The van der Waals surface area contributed by atoms with Crippen LogP contribution in [0.25, 0.3) is 0 Å². The number of sulfonamides is 1. The van der Waals surface area contributed by atoms with E-state index in [1.165, 1.54) is 18.2 Å². The maximum absolute atomic E-state index is 12.5. The number of likely N-dealkylation sites (N-methyl/N-ethyl adjacent to an activating group) is 1. The van der Waals surface area contributed by atoms with Gasteiger partial charge < -0.3 is 9.73 Å². The van der Waals surface area contributed by atoms with E-state index in [1.54, 1.807) is 30.5 Å². The average Bonchev–Trinajstić information content (AvgIpc) is 3.25. The fourth-order valence-electron chi connectivity index (χ4n) is 3.03. The highest BCUT2D eigenvalue weighted by Crippen LogP contribution is 2.26. The Bertz CT molecular complexity index is 1160. The van der Waals surface area contributed by atoms with E-state index in [0.29, 0.717) is 12.2 Å². The number of carbonyl (C=O) groups excluding carboxylic acids is 1. The van der Waals surface area contributed by atoms with Crippen molar-refractivity contribution in [1.29, 1.82) is 0 Å². The van der Waals surface area contributed by atoms with E-state index in [9.17, 15) is 13.2 Å². The molecule has 0 aliphatic heterocycles. The van der Waals surface area contributed by atoms with Gasteiger partial charge in [0.2, 0.25) is 5.91 Å². The number of benzene rings is 2. The van der Waals surface area contributed by atoms with Gasteiger partial charge in [0.15, 0.2) is 0 Å². The lowest BCUT2D eigenvalue weighted by Crippen LogP contribution is -2.35. The van der Waals surface area contributed by atoms with Crippen LogP contribution >= 0.6 is 23.2 Å². The highest BCUT2D eigenvalue weighted by Gasteiger charge is 2.18. The summed E-state index contributed by atoms with van der Waals surface area (Å²) in [5, 5.41) is 3.33. The van der Waals surface area contributed by atoms with Gasteiger partial charge in [0.25, 0.3) is 10.0 Å². The molecule has 3 rings (SSSR count). The molecule has 2 aromatic carbocycles. The van der Waals surface area contributed by atoms with Gasteiger partial charge >= 0.3 is 0 Å². The van der Waals surface area contributed by atoms with Crippen molar-refractivity contribution < 1.29 is 17.6 Å². The van der Waals surface area contributed by atoms with Crippen LogP contribution in [0.5, 0.6) is 0 Å². The van der Waals surface area contributed by atoms with Crippen molar-refractivity contribution in [1.82, 2.24) is 10.2 Å². The number of hydrogen-bond acceptors (Lipinski definition) is 5. The van der Waals surface area contributed by atoms with E-state index < -0.39 is 10.0 Å². The minimum Gasteiger partial charge on any atom is -0.468 e. The molecule has 1 aromatic heterocycles. The van der Waals surface area contributed by atoms with E-state index in [2.05, 4.69) is 10.0 Å². The minimum absolute atomic E-state index is 0.00218. The number of nitrogens with one attached hydrogen (secondary N) is 2. The Morgan fingerprint density at radius 1 is 1.06 bits per heavy atom. The summed E-state index contributed by atoms with van der Waals surface area (Å²) in [5.74, 6) is 0.626. The van der Waals surface area contributed by atoms with E-state index >= 15 is 0 Å². The summed E-state index contributed by atoms with van der Waals surface area (Å²) in [6.45, 7) is 0.404. The van der Waals surface area contributed by atoms with Crippen LogP contribution in [-0.4, -0.2) is 39.9 Å². The molecule has 0 saturated carbocycles. The second-order valence-corrected chi connectivity index (χ2v) is 9.85. The van der Waals surface area contributed by atoms with Gasteiger partial charge in [-0.15, -0.1) is 0 Å². The molecule has 0 spiro atoms. The molecular formula is C22H23Cl2N3O4S. The second kappa shape index (κ2) is 10.4. The monoisotopic (exact) mass is 495 g/mol. The maximum Gasteiger partial charge on any atom is 0.261 e. The maximum atomic E-state index is 12.5. The van der Waals surface area contributed by atoms with Gasteiger partial charge in [0.1, 0.15) is 5.76 Å². The van der Waals surface area contributed by atoms with Gasteiger partial charge in [0.05, 0.1) is 33.7 Å². The fraction of sp³-hybridized carbons (Fsp3) is 0.227. The van der Waals surface area contributed by atoms with Gasteiger partial charge in [-0.25, -0.2) is 8.42 Å². The van der Waals surface area contributed by atoms with Crippen molar-refractivity contribution in [3.63, 3.8) is 0 Å². The topological polar surface area (TPSA) is 91.7 Å². The molecule has 0 fully saturated rings. The zero-order chi connectivity index (χ0) is 23.3. The summed E-state index contributed by atoms with van der Waals surface area (Å²) in [7, 11) is 0.00532. The number of halogens is 2. The molecule has 1 amide bonds. The average molecular weight is 496 g/mol. The summed E-state index contributed by atoms with van der Waals surface area (Å²) in [6, 6.07) is 14.3. The fourth-order valence-corrected chi connectivity index (χ4v) is 4.47. The first-order valence-corrected chi connectivity index (χ1v) is 11.9. The Balaban J connectivity index is 1.58. The Hall–Kier alpha value is -2.52. The van der Waals surface area contributed by atoms with E-state index in [0.717, 1.165) is 11.3 Å². The number of amides is 1. The summed E-state index contributed by atoms with van der Waals surface area (Å²) in [6.07, 6.45) is 1.77. The molecule has 1 unspecified atom stereocenters. The van der Waals surface area contributed by atoms with Gasteiger partial charge in [-0.05, 0) is 62.1 Å². The first kappa shape index (κ1) is 24.1. The van der Waals surface area contributed by atoms with Gasteiger partial charge in [-0.1, -0.05) is 35.3 Å². The van der Waals surface area contributed by atoms with Gasteiger partial charge in [-0.3, -0.25) is 14.4 Å². The molecule has 1 heterocycles. The van der Waals surface area contributed by atoms with Gasteiger partial charge in [0, 0.05) is 12.2 Å². The molecule has 0 aliphatic rings. The Kier molecular flexibility index (Phi) is 7.84. The molecule has 0 aliphatic carbocycles. The number of nitrogens with zero attached hydrogens (tertiary/aromatic N) is 1. The molecule has 0 bridgehead atoms. The summed E-state index contributed by atoms with van der Waals surface area (Å²) < 4.78 is 33.0. The van der Waals surface area contributed by atoms with Crippen molar-refractivity contribution in [2.75, 3.05) is 25.4 Å². The van der Waals surface area contributed by atoms with E-state index in [1.807, 2.05) is 31.1 Å². The lowest BCUT2D eigenvalue weighted by molar-refractivity contribution is -0.120. The SMILES string of the molecule is CN(C)C(CNC(=O)Cc1ccc(NS(=O)(=O)c2ccc(Cl)c(Cl)c2)cc1)c1ccco1. The first-order valence-electron chi connectivity index (χ1n) is 9.69. The van der Waals surface area contributed by atoms with Crippen LogP contribution < -0.4 is 10.0 Å². The van der Waals surface area contributed by atoms with Crippen LogP contribution in [-0.2, 0) is 21.2 Å². The third kappa shape index (κ3) is 6.26. The zero-order valence-electron chi connectivity index (χ0n) is 17.5. The highest BCUT2D eigenvalue weighted by molar-refractivity contribution is 7.92. The van der Waals surface area contributed by atoms with Crippen LogP contribution in [0.4, 0.5) is 5.69 Å². The Morgan fingerprint density at radius 3 is 2.38 bits per heavy atom. The van der Waals surface area contributed by atoms with Crippen molar-refractivity contribution in [3.05, 3.63) is 82.2 Å². The molecule has 2 N–H and O–H groups in total. The summed E-state index contributed by atoms with van der Waals surface area (Å²) >= 11 is 11.8. The highest BCUT2D eigenvalue weighted by atomic mass is 35.5. The minimum atomic E-state index is -3.82. The number of rotatable bonds is 9. The normalized spacial score (nSPS) is 12.5. The summed E-state index contributed by atoms with van der Waals surface area (Å²) in [4.78, 5) is 14.3. The number of hydrogen-bond donors (Lipinski definition) is 2. The molecule has 0 radical (unpaired) electrons. The van der Waals surface area contributed by atoms with Crippen molar-refractivity contribution in [2.45, 2.75) is 17.4 Å². The van der Waals surface area contributed by atoms with Crippen LogP contribution in [0, 0.1) is 0 Å². The van der Waals surface area contributed by atoms with E-state index in [-0.39, 0.29) is 33.3 Å². The predicted molar refractivity (Wildman–Crippen MR) is 126 cm³/mol. The molecule has 170 valence electrons. The molecule has 0 saturated heterocycles.